The highest BCUT2D eigenvalue weighted by Gasteiger charge is 2.38. The number of nitrogens with zero attached hydrogens (tertiary/aromatic N) is 1. The predicted octanol–water partition coefficient (Wildman–Crippen LogP) is 2.08. The molecule has 11 heteroatoms. The normalized spacial score (nSPS) is 12.3. The molecule has 0 saturated heterocycles. The van der Waals surface area contributed by atoms with Crippen LogP contribution in [-0.4, -0.2) is 22.4 Å². The molecule has 0 fully saturated rings. The van der Waals surface area contributed by atoms with Crippen LogP contribution in [0.15, 0.2) is 6.07 Å². The first-order valence-corrected chi connectivity index (χ1v) is 5.21. The van der Waals surface area contributed by atoms with E-state index in [0.29, 0.717) is 0 Å². The van der Waals surface area contributed by atoms with Gasteiger partial charge in [0.2, 0.25) is 0 Å². The van der Waals surface area contributed by atoms with Gasteiger partial charge in [-0.1, -0.05) is 0 Å². The Labute approximate surface area is 113 Å². The minimum atomic E-state index is -5.23. The molecule has 0 atom stereocenters. The van der Waals surface area contributed by atoms with Crippen molar-refractivity contribution in [3.05, 3.63) is 23.0 Å². The molecule has 0 amide bonds. The van der Waals surface area contributed by atoms with Gasteiger partial charge >= 0.3 is 18.5 Å². The van der Waals surface area contributed by atoms with Crippen molar-refractivity contribution in [3.8, 4) is 5.75 Å². The molecule has 1 rings (SSSR count). The number of hydrogen-bond donors (Lipinski definition) is 2. The molecule has 0 aliphatic carbocycles. The molecule has 0 aliphatic heterocycles. The van der Waals surface area contributed by atoms with Crippen LogP contribution in [0.3, 0.4) is 0 Å². The third-order valence-electron chi connectivity index (χ3n) is 2.18. The molecular formula is C10H8F6N2O3. The van der Waals surface area contributed by atoms with E-state index in [-0.39, 0.29) is 6.07 Å². The maximum absolute atomic E-state index is 12.7. The Morgan fingerprint density at radius 3 is 2.19 bits per heavy atom. The molecule has 0 aromatic carbocycles. The molecule has 21 heavy (non-hydrogen) atoms. The van der Waals surface area contributed by atoms with Crippen LogP contribution >= 0.6 is 0 Å². The van der Waals surface area contributed by atoms with Crippen molar-refractivity contribution in [1.82, 2.24) is 4.98 Å². The SMILES string of the molecule is NCc1nc(CC(=O)O)c(C(F)(F)F)cc1OC(F)(F)F. The Kier molecular flexibility index (Phi) is 4.66. The largest absolute Gasteiger partial charge is 0.573 e. The second-order valence-electron chi connectivity index (χ2n) is 3.75. The van der Waals surface area contributed by atoms with Gasteiger partial charge in [0.25, 0.3) is 0 Å². The minimum Gasteiger partial charge on any atom is -0.481 e. The van der Waals surface area contributed by atoms with Crippen molar-refractivity contribution in [2.24, 2.45) is 5.73 Å². The first-order valence-electron chi connectivity index (χ1n) is 5.21. The van der Waals surface area contributed by atoms with Gasteiger partial charge in [-0.05, 0) is 6.07 Å². The monoisotopic (exact) mass is 318 g/mol. The van der Waals surface area contributed by atoms with Gasteiger partial charge in [-0.2, -0.15) is 13.2 Å². The van der Waals surface area contributed by atoms with E-state index >= 15 is 0 Å². The molecule has 0 unspecified atom stereocenters. The van der Waals surface area contributed by atoms with Gasteiger partial charge in [0.15, 0.2) is 5.75 Å². The molecule has 1 aromatic rings. The number of alkyl halides is 6. The number of nitrogens with two attached hydrogens (primary N) is 1. The summed E-state index contributed by atoms with van der Waals surface area (Å²) in [6, 6.07) is 0.0426. The van der Waals surface area contributed by atoms with Crippen LogP contribution in [0.25, 0.3) is 0 Å². The number of carboxylic acid groups (broad SMARTS) is 1. The third-order valence-corrected chi connectivity index (χ3v) is 2.18. The number of aliphatic carboxylic acids is 1. The summed E-state index contributed by atoms with van der Waals surface area (Å²) in [7, 11) is 0. The van der Waals surface area contributed by atoms with Crippen LogP contribution < -0.4 is 10.5 Å². The fourth-order valence-corrected chi connectivity index (χ4v) is 1.46. The Bertz CT molecular complexity index is 541. The Morgan fingerprint density at radius 2 is 1.81 bits per heavy atom. The fraction of sp³-hybridized carbons (Fsp3) is 0.400. The van der Waals surface area contributed by atoms with Gasteiger partial charge in [0.1, 0.15) is 0 Å². The molecule has 0 saturated carbocycles. The zero-order valence-corrected chi connectivity index (χ0v) is 10.0. The molecule has 0 spiro atoms. The molecule has 0 bridgehead atoms. The van der Waals surface area contributed by atoms with E-state index in [0.717, 1.165) is 0 Å². The van der Waals surface area contributed by atoms with Crippen molar-refractivity contribution in [1.29, 1.82) is 0 Å². The number of aromatic nitrogens is 1. The number of hydrogen-bond acceptors (Lipinski definition) is 4. The average molecular weight is 318 g/mol. The standard InChI is InChI=1S/C10H8F6N2O3/c11-9(12,13)4-1-7(21-10(14,15)16)6(3-17)18-5(4)2-8(19)20/h1H,2-3,17H2,(H,19,20). The summed E-state index contributed by atoms with van der Waals surface area (Å²) in [4.78, 5) is 13.7. The zero-order chi connectivity index (χ0) is 16.4. The van der Waals surface area contributed by atoms with Crippen LogP contribution in [0.4, 0.5) is 26.3 Å². The van der Waals surface area contributed by atoms with Crippen LogP contribution in [0, 0.1) is 0 Å². The maximum atomic E-state index is 12.7. The summed E-state index contributed by atoms with van der Waals surface area (Å²) in [6.45, 7) is -0.657. The molecule has 0 radical (unpaired) electrons. The van der Waals surface area contributed by atoms with Gasteiger partial charge in [0, 0.05) is 6.54 Å². The van der Waals surface area contributed by atoms with Crippen LogP contribution in [0.2, 0.25) is 0 Å². The summed E-state index contributed by atoms with van der Waals surface area (Å²) >= 11 is 0. The van der Waals surface area contributed by atoms with E-state index in [2.05, 4.69) is 9.72 Å². The Hall–Kier alpha value is -2.04. The fourth-order valence-electron chi connectivity index (χ4n) is 1.46. The minimum absolute atomic E-state index is 0.0426. The van der Waals surface area contributed by atoms with Crippen molar-refractivity contribution in [2.75, 3.05) is 0 Å². The lowest BCUT2D eigenvalue weighted by atomic mass is 10.1. The van der Waals surface area contributed by atoms with E-state index in [4.69, 9.17) is 10.8 Å². The number of pyridine rings is 1. The topological polar surface area (TPSA) is 85.4 Å². The lowest BCUT2D eigenvalue weighted by Crippen LogP contribution is -2.22. The average Bonchev–Trinajstić information content (AvgIpc) is 2.26. The maximum Gasteiger partial charge on any atom is 0.573 e. The quantitative estimate of drug-likeness (QED) is 0.830. The molecule has 1 heterocycles. The summed E-state index contributed by atoms with van der Waals surface area (Å²) in [5.74, 6) is -2.84. The van der Waals surface area contributed by atoms with Crippen LogP contribution in [0.5, 0.6) is 5.75 Å². The summed E-state index contributed by atoms with van der Waals surface area (Å²) in [5, 5.41) is 8.53. The lowest BCUT2D eigenvalue weighted by Gasteiger charge is -2.17. The first kappa shape index (κ1) is 17.0. The van der Waals surface area contributed by atoms with Crippen molar-refractivity contribution in [2.45, 2.75) is 25.5 Å². The zero-order valence-electron chi connectivity index (χ0n) is 10.0. The van der Waals surface area contributed by atoms with Crippen LogP contribution in [0.1, 0.15) is 17.0 Å². The summed E-state index contributed by atoms with van der Waals surface area (Å²) in [6.07, 6.45) is -11.4. The highest BCUT2D eigenvalue weighted by Crippen LogP contribution is 2.36. The third kappa shape index (κ3) is 4.77. The molecule has 3 N–H and O–H groups in total. The van der Waals surface area contributed by atoms with E-state index in [9.17, 15) is 31.1 Å². The molecule has 0 aliphatic rings. The smallest absolute Gasteiger partial charge is 0.481 e. The predicted molar refractivity (Wildman–Crippen MR) is 55.2 cm³/mol. The van der Waals surface area contributed by atoms with Gasteiger partial charge in [-0.3, -0.25) is 9.78 Å². The number of carboxylic acids is 1. The van der Waals surface area contributed by atoms with E-state index in [1.54, 1.807) is 0 Å². The summed E-state index contributed by atoms with van der Waals surface area (Å²) < 4.78 is 78.1. The molecular weight excluding hydrogens is 310 g/mol. The second-order valence-corrected chi connectivity index (χ2v) is 3.75. The van der Waals surface area contributed by atoms with Gasteiger partial charge in [-0.15, -0.1) is 13.2 Å². The van der Waals surface area contributed by atoms with E-state index < -0.39 is 54.2 Å². The molecule has 1 aromatic heterocycles. The van der Waals surface area contributed by atoms with Crippen LogP contribution in [-0.2, 0) is 23.9 Å². The summed E-state index contributed by atoms with van der Waals surface area (Å²) in [5.41, 5.74) is 1.90. The lowest BCUT2D eigenvalue weighted by molar-refractivity contribution is -0.275. The van der Waals surface area contributed by atoms with Gasteiger partial charge in [-0.25, -0.2) is 0 Å². The molecule has 5 nitrogen and oxygen atoms in total. The van der Waals surface area contributed by atoms with E-state index in [1.165, 1.54) is 0 Å². The van der Waals surface area contributed by atoms with E-state index in [1.807, 2.05) is 0 Å². The first-order chi connectivity index (χ1) is 9.44. The van der Waals surface area contributed by atoms with Gasteiger partial charge < -0.3 is 15.6 Å². The highest BCUT2D eigenvalue weighted by molar-refractivity contribution is 5.70. The Balaban J connectivity index is 3.44. The highest BCUT2D eigenvalue weighted by atomic mass is 19.4. The molecule has 118 valence electrons. The number of ether oxygens (including phenoxy) is 1. The second kappa shape index (κ2) is 5.76. The van der Waals surface area contributed by atoms with Crippen molar-refractivity contribution < 1.29 is 41.0 Å². The van der Waals surface area contributed by atoms with Crippen molar-refractivity contribution in [3.63, 3.8) is 0 Å². The number of halogens is 6. The number of rotatable bonds is 4. The number of carbonyl (C=O) groups is 1. The van der Waals surface area contributed by atoms with Crippen molar-refractivity contribution >= 4 is 5.97 Å². The Morgan fingerprint density at radius 1 is 1.24 bits per heavy atom. The van der Waals surface area contributed by atoms with Gasteiger partial charge in [0.05, 0.1) is 23.4 Å².